The Morgan fingerprint density at radius 2 is 1.58 bits per heavy atom. The number of halogens is 1. The van der Waals surface area contributed by atoms with Gasteiger partial charge in [0.25, 0.3) is 0 Å². The van der Waals surface area contributed by atoms with Gasteiger partial charge in [-0.1, -0.05) is 79.5 Å². The lowest BCUT2D eigenvalue weighted by Crippen LogP contribution is -2.23. The summed E-state index contributed by atoms with van der Waals surface area (Å²) in [6.45, 7) is 2.22. The first kappa shape index (κ1) is 14.4. The molecule has 0 aromatic heterocycles. The molecule has 0 spiro atoms. The van der Waals surface area contributed by atoms with Crippen LogP contribution in [0.5, 0.6) is 0 Å². The largest absolute Gasteiger partial charge is 0.127 e. The molecule has 19 heavy (non-hydrogen) atoms. The molecule has 1 atom stereocenters. The van der Waals surface area contributed by atoms with E-state index in [1.165, 1.54) is 35.6 Å². The van der Waals surface area contributed by atoms with Crippen molar-refractivity contribution < 1.29 is 0 Å². The molecule has 0 N–H and O–H groups in total. The van der Waals surface area contributed by atoms with E-state index in [1.54, 1.807) is 0 Å². The van der Waals surface area contributed by atoms with E-state index >= 15 is 0 Å². The predicted octanol–water partition coefficient (Wildman–Crippen LogP) is 3.90. The molecular weight excluding hydrogens is 268 g/mol. The standard InChI is InChI=1S/C17H21ClSi/c1-2-3-9-17(18)19-16-12-10-15(11-13-16)14-7-5-4-6-8-14/h4-8,10-13,17H,2-3,9,19H2,1H3. The first-order chi connectivity index (χ1) is 9.29. The van der Waals surface area contributed by atoms with Crippen LogP contribution in [0.3, 0.4) is 0 Å². The molecule has 0 radical (unpaired) electrons. The number of hydrogen-bond acceptors (Lipinski definition) is 0. The van der Waals surface area contributed by atoms with E-state index in [4.69, 9.17) is 11.6 Å². The Hall–Kier alpha value is -1.05. The van der Waals surface area contributed by atoms with Gasteiger partial charge in [0.05, 0.1) is 9.52 Å². The Morgan fingerprint density at radius 3 is 2.21 bits per heavy atom. The minimum atomic E-state index is -0.338. The van der Waals surface area contributed by atoms with Crippen LogP contribution in [0.25, 0.3) is 11.1 Å². The smallest absolute Gasteiger partial charge is 0.0753 e. The Morgan fingerprint density at radius 1 is 0.947 bits per heavy atom. The summed E-state index contributed by atoms with van der Waals surface area (Å²) in [6.07, 6.45) is 3.67. The van der Waals surface area contributed by atoms with Crippen LogP contribution in [-0.2, 0) is 0 Å². The van der Waals surface area contributed by atoms with Crippen LogP contribution in [0.1, 0.15) is 26.2 Å². The average Bonchev–Trinajstić information content (AvgIpc) is 2.47. The van der Waals surface area contributed by atoms with Crippen molar-refractivity contribution in [2.24, 2.45) is 0 Å². The molecule has 0 fully saturated rings. The summed E-state index contributed by atoms with van der Waals surface area (Å²) < 4.78 is 0. The van der Waals surface area contributed by atoms with Gasteiger partial charge in [-0.3, -0.25) is 0 Å². The molecule has 0 nitrogen and oxygen atoms in total. The zero-order chi connectivity index (χ0) is 13.5. The Kier molecular flexibility index (Phi) is 5.68. The second-order valence-corrected chi connectivity index (χ2v) is 8.35. The van der Waals surface area contributed by atoms with Crippen molar-refractivity contribution in [1.29, 1.82) is 0 Å². The summed E-state index contributed by atoms with van der Waals surface area (Å²) in [5.41, 5.74) is 2.57. The minimum Gasteiger partial charge on any atom is -0.127 e. The third-order valence-corrected chi connectivity index (χ3v) is 5.86. The van der Waals surface area contributed by atoms with Gasteiger partial charge in [0.1, 0.15) is 0 Å². The first-order valence-corrected chi connectivity index (χ1v) is 9.04. The van der Waals surface area contributed by atoms with Crippen LogP contribution in [0.15, 0.2) is 54.6 Å². The Labute approximate surface area is 123 Å². The summed E-state index contributed by atoms with van der Waals surface area (Å²) >= 11 is 6.41. The van der Waals surface area contributed by atoms with Crippen molar-refractivity contribution >= 4 is 26.3 Å². The summed E-state index contributed by atoms with van der Waals surface area (Å²) in [7, 11) is -0.338. The third kappa shape index (κ3) is 4.52. The molecule has 0 aliphatic carbocycles. The fraction of sp³-hybridized carbons (Fsp3) is 0.294. The highest BCUT2D eigenvalue weighted by Gasteiger charge is 2.06. The topological polar surface area (TPSA) is 0 Å². The maximum Gasteiger partial charge on any atom is 0.0753 e. The molecule has 2 aromatic carbocycles. The summed E-state index contributed by atoms with van der Waals surface area (Å²) in [5.74, 6) is 0. The molecule has 1 unspecified atom stereocenters. The number of unbranched alkanes of at least 4 members (excludes halogenated alkanes) is 1. The van der Waals surface area contributed by atoms with Gasteiger partial charge in [-0.05, 0) is 17.5 Å². The molecule has 100 valence electrons. The van der Waals surface area contributed by atoms with E-state index in [2.05, 4.69) is 61.5 Å². The van der Waals surface area contributed by atoms with Gasteiger partial charge in [-0.25, -0.2) is 0 Å². The normalized spacial score (nSPS) is 12.9. The van der Waals surface area contributed by atoms with Crippen LogP contribution in [0, 0.1) is 0 Å². The van der Waals surface area contributed by atoms with E-state index < -0.39 is 0 Å². The quantitative estimate of drug-likeness (QED) is 0.559. The van der Waals surface area contributed by atoms with Gasteiger partial charge in [0.2, 0.25) is 0 Å². The molecule has 0 bridgehead atoms. The van der Waals surface area contributed by atoms with E-state index in [-0.39, 0.29) is 9.52 Å². The molecule has 0 saturated carbocycles. The van der Waals surface area contributed by atoms with Gasteiger partial charge in [0, 0.05) is 5.00 Å². The van der Waals surface area contributed by atoms with Crippen LogP contribution >= 0.6 is 11.6 Å². The van der Waals surface area contributed by atoms with Crippen LogP contribution in [0.2, 0.25) is 0 Å². The van der Waals surface area contributed by atoms with Crippen molar-refractivity contribution in [2.75, 3.05) is 0 Å². The molecule has 0 amide bonds. The minimum absolute atomic E-state index is 0.338. The maximum absolute atomic E-state index is 6.41. The van der Waals surface area contributed by atoms with E-state index in [0.717, 1.165) is 0 Å². The van der Waals surface area contributed by atoms with E-state index in [0.29, 0.717) is 5.00 Å². The van der Waals surface area contributed by atoms with Crippen molar-refractivity contribution in [3.63, 3.8) is 0 Å². The van der Waals surface area contributed by atoms with E-state index in [1.807, 2.05) is 0 Å². The van der Waals surface area contributed by atoms with Crippen molar-refractivity contribution in [1.82, 2.24) is 0 Å². The van der Waals surface area contributed by atoms with Crippen LogP contribution < -0.4 is 5.19 Å². The lowest BCUT2D eigenvalue weighted by molar-refractivity contribution is 0.754. The molecule has 0 heterocycles. The second-order valence-electron chi connectivity index (χ2n) is 5.01. The van der Waals surface area contributed by atoms with Crippen molar-refractivity contribution in [3.8, 4) is 11.1 Å². The number of alkyl halides is 1. The van der Waals surface area contributed by atoms with Crippen LogP contribution in [-0.4, -0.2) is 14.5 Å². The highest BCUT2D eigenvalue weighted by atomic mass is 35.5. The summed E-state index contributed by atoms with van der Waals surface area (Å²) in [5, 5.41) is 1.87. The first-order valence-electron chi connectivity index (χ1n) is 7.08. The number of rotatable bonds is 6. The van der Waals surface area contributed by atoms with Crippen LogP contribution in [0.4, 0.5) is 0 Å². The van der Waals surface area contributed by atoms with E-state index in [9.17, 15) is 0 Å². The van der Waals surface area contributed by atoms with Gasteiger partial charge in [0.15, 0.2) is 0 Å². The third-order valence-electron chi connectivity index (χ3n) is 3.39. The molecule has 2 heteroatoms. The fourth-order valence-electron chi connectivity index (χ4n) is 2.25. The summed E-state index contributed by atoms with van der Waals surface area (Å²) in [4.78, 5) is 0. The molecule has 2 aromatic rings. The number of benzene rings is 2. The lowest BCUT2D eigenvalue weighted by Gasteiger charge is -2.09. The Bertz CT molecular complexity index is 478. The molecule has 2 rings (SSSR count). The van der Waals surface area contributed by atoms with Crippen molar-refractivity contribution in [2.45, 2.75) is 31.2 Å². The van der Waals surface area contributed by atoms with Gasteiger partial charge in [-0.15, -0.1) is 11.6 Å². The zero-order valence-electron chi connectivity index (χ0n) is 11.5. The average molecular weight is 289 g/mol. The SMILES string of the molecule is CCCCC(Cl)[SiH2]c1ccc(-c2ccccc2)cc1. The van der Waals surface area contributed by atoms with Gasteiger partial charge < -0.3 is 0 Å². The predicted molar refractivity (Wildman–Crippen MR) is 89.2 cm³/mol. The molecule has 0 saturated heterocycles. The van der Waals surface area contributed by atoms with Gasteiger partial charge in [-0.2, -0.15) is 0 Å². The maximum atomic E-state index is 6.41. The van der Waals surface area contributed by atoms with Gasteiger partial charge >= 0.3 is 0 Å². The molecule has 0 aliphatic heterocycles. The molecule has 0 aliphatic rings. The van der Waals surface area contributed by atoms with Crippen molar-refractivity contribution in [3.05, 3.63) is 54.6 Å². The molecular formula is C17H21ClSi. The number of hydrogen-bond donors (Lipinski definition) is 0. The highest BCUT2D eigenvalue weighted by molar-refractivity contribution is 6.64. The monoisotopic (exact) mass is 288 g/mol. The second kappa shape index (κ2) is 7.52. The Balaban J connectivity index is 1.99. The summed E-state index contributed by atoms with van der Waals surface area (Å²) in [6, 6.07) is 19.5. The highest BCUT2D eigenvalue weighted by Crippen LogP contribution is 2.17. The fourth-order valence-corrected chi connectivity index (χ4v) is 4.45. The zero-order valence-corrected chi connectivity index (χ0v) is 13.7. The lowest BCUT2D eigenvalue weighted by atomic mass is 10.1.